The van der Waals surface area contributed by atoms with Gasteiger partial charge in [-0.15, -0.1) is 0 Å². The summed E-state index contributed by atoms with van der Waals surface area (Å²) in [5.74, 6) is -0.0481. The normalized spacial score (nSPS) is 10.2. The molecule has 5 nitrogen and oxygen atoms in total. The van der Waals surface area contributed by atoms with E-state index in [0.717, 1.165) is 11.1 Å². The quantitative estimate of drug-likeness (QED) is 0.722. The Morgan fingerprint density at radius 3 is 2.64 bits per heavy atom. The molecule has 2 aromatic carbocycles. The van der Waals surface area contributed by atoms with Gasteiger partial charge >= 0.3 is 0 Å². The highest BCUT2D eigenvalue weighted by molar-refractivity contribution is 5.94. The molecule has 0 unspecified atom stereocenters. The monoisotopic (exact) mass is 330 g/mol. The Bertz CT molecular complexity index is 892. The smallest absolute Gasteiger partial charge is 0.253 e. The molecule has 5 heteroatoms. The molecule has 25 heavy (non-hydrogen) atoms. The van der Waals surface area contributed by atoms with E-state index in [-0.39, 0.29) is 5.91 Å². The molecule has 1 heterocycles. The van der Waals surface area contributed by atoms with Gasteiger partial charge in [-0.1, -0.05) is 24.3 Å². The molecule has 1 amide bonds. The summed E-state index contributed by atoms with van der Waals surface area (Å²) in [4.78, 5) is 14.2. The summed E-state index contributed by atoms with van der Waals surface area (Å²) in [6.45, 7) is 1.14. The largest absolute Gasteiger partial charge is 0.337 e. The number of hydrogen-bond acceptors (Lipinski definition) is 3. The molecule has 3 aromatic rings. The zero-order chi connectivity index (χ0) is 17.6. The molecule has 0 saturated carbocycles. The maximum absolute atomic E-state index is 12.6. The molecular formula is C20H18N4O. The third-order valence-corrected chi connectivity index (χ3v) is 3.93. The van der Waals surface area contributed by atoms with Gasteiger partial charge in [-0.3, -0.25) is 9.48 Å². The fourth-order valence-corrected chi connectivity index (χ4v) is 2.64. The lowest BCUT2D eigenvalue weighted by Crippen LogP contribution is -2.26. The number of hydrogen-bond donors (Lipinski definition) is 0. The molecule has 0 saturated heterocycles. The van der Waals surface area contributed by atoms with Gasteiger partial charge < -0.3 is 4.90 Å². The van der Waals surface area contributed by atoms with Crippen LogP contribution in [-0.4, -0.2) is 27.6 Å². The summed E-state index contributed by atoms with van der Waals surface area (Å²) in [5.41, 5.74) is 3.26. The maximum Gasteiger partial charge on any atom is 0.253 e. The topological polar surface area (TPSA) is 61.9 Å². The van der Waals surface area contributed by atoms with Crippen LogP contribution in [0, 0.1) is 11.3 Å². The van der Waals surface area contributed by atoms with Gasteiger partial charge in [0.15, 0.2) is 0 Å². The standard InChI is InChI=1S/C20H18N4O/c1-23(14-18-5-2-4-17(12-18)13-21)20(25)19-8-6-16(7-9-19)15-24-11-3-10-22-24/h2-12H,14-15H2,1H3. The highest BCUT2D eigenvalue weighted by Crippen LogP contribution is 2.12. The summed E-state index contributed by atoms with van der Waals surface area (Å²) in [5, 5.41) is 13.1. The zero-order valence-corrected chi connectivity index (χ0v) is 14.0. The highest BCUT2D eigenvalue weighted by atomic mass is 16.2. The Labute approximate surface area is 146 Å². The predicted octanol–water partition coefficient (Wildman–Crippen LogP) is 3.08. The lowest BCUT2D eigenvalue weighted by Gasteiger charge is -2.17. The van der Waals surface area contributed by atoms with Gasteiger partial charge in [-0.05, 0) is 41.5 Å². The second kappa shape index (κ2) is 7.45. The van der Waals surface area contributed by atoms with Gasteiger partial charge in [-0.25, -0.2) is 0 Å². The van der Waals surface area contributed by atoms with Crippen LogP contribution >= 0.6 is 0 Å². The Kier molecular flexibility index (Phi) is 4.91. The van der Waals surface area contributed by atoms with Crippen LogP contribution in [0.15, 0.2) is 67.0 Å². The van der Waals surface area contributed by atoms with Crippen molar-refractivity contribution in [2.24, 2.45) is 0 Å². The lowest BCUT2D eigenvalue weighted by atomic mass is 10.1. The molecule has 0 N–H and O–H groups in total. The lowest BCUT2D eigenvalue weighted by molar-refractivity contribution is 0.0785. The number of amides is 1. The van der Waals surface area contributed by atoms with Gasteiger partial charge in [0.1, 0.15) is 0 Å². The molecule has 1 aromatic heterocycles. The van der Waals surface area contributed by atoms with E-state index in [4.69, 9.17) is 5.26 Å². The van der Waals surface area contributed by atoms with E-state index in [1.807, 2.05) is 53.3 Å². The number of nitriles is 1. The molecule has 0 fully saturated rings. The van der Waals surface area contributed by atoms with Crippen molar-refractivity contribution in [3.05, 3.63) is 89.2 Å². The van der Waals surface area contributed by atoms with Gasteiger partial charge in [-0.2, -0.15) is 10.4 Å². The van der Waals surface area contributed by atoms with Crippen molar-refractivity contribution < 1.29 is 4.79 Å². The maximum atomic E-state index is 12.6. The summed E-state index contributed by atoms with van der Waals surface area (Å²) >= 11 is 0. The Hall–Kier alpha value is -3.39. The average molecular weight is 330 g/mol. The SMILES string of the molecule is CN(Cc1cccc(C#N)c1)C(=O)c1ccc(Cn2cccn2)cc1. The zero-order valence-electron chi connectivity index (χ0n) is 14.0. The number of carbonyl (C=O) groups excluding carboxylic acids is 1. The first kappa shape index (κ1) is 16.5. The van der Waals surface area contributed by atoms with Crippen molar-refractivity contribution in [2.45, 2.75) is 13.1 Å². The molecule has 124 valence electrons. The van der Waals surface area contributed by atoms with Gasteiger partial charge in [0.05, 0.1) is 18.2 Å². The molecule has 0 aliphatic carbocycles. The summed E-state index contributed by atoms with van der Waals surface area (Å²) in [6.07, 6.45) is 3.65. The summed E-state index contributed by atoms with van der Waals surface area (Å²) < 4.78 is 1.84. The van der Waals surface area contributed by atoms with Crippen LogP contribution in [0.5, 0.6) is 0 Å². The van der Waals surface area contributed by atoms with Crippen LogP contribution in [-0.2, 0) is 13.1 Å². The molecular weight excluding hydrogens is 312 g/mol. The van der Waals surface area contributed by atoms with Crippen molar-refractivity contribution in [1.82, 2.24) is 14.7 Å². The van der Waals surface area contributed by atoms with Crippen LogP contribution in [0.1, 0.15) is 27.0 Å². The Morgan fingerprint density at radius 2 is 1.96 bits per heavy atom. The van der Waals surface area contributed by atoms with Crippen molar-refractivity contribution in [2.75, 3.05) is 7.05 Å². The molecule has 0 aliphatic heterocycles. The van der Waals surface area contributed by atoms with Crippen LogP contribution in [0.4, 0.5) is 0 Å². The van der Waals surface area contributed by atoms with E-state index in [9.17, 15) is 4.79 Å². The second-order valence-electron chi connectivity index (χ2n) is 5.87. The van der Waals surface area contributed by atoms with E-state index >= 15 is 0 Å². The van der Waals surface area contributed by atoms with Crippen LogP contribution in [0.3, 0.4) is 0 Å². The van der Waals surface area contributed by atoms with E-state index in [0.29, 0.717) is 24.2 Å². The number of rotatable bonds is 5. The number of carbonyl (C=O) groups is 1. The van der Waals surface area contributed by atoms with Crippen molar-refractivity contribution in [3.8, 4) is 6.07 Å². The molecule has 0 aliphatic rings. The van der Waals surface area contributed by atoms with Gasteiger partial charge in [0.25, 0.3) is 5.91 Å². The molecule has 0 bridgehead atoms. The van der Waals surface area contributed by atoms with Crippen LogP contribution in [0.25, 0.3) is 0 Å². The third kappa shape index (κ3) is 4.12. The summed E-state index contributed by atoms with van der Waals surface area (Å²) in [7, 11) is 1.76. The van der Waals surface area contributed by atoms with E-state index in [2.05, 4.69) is 11.2 Å². The number of benzene rings is 2. The second-order valence-corrected chi connectivity index (χ2v) is 5.87. The number of nitrogens with zero attached hydrogens (tertiary/aromatic N) is 4. The summed E-state index contributed by atoms with van der Waals surface area (Å²) in [6, 6.07) is 18.9. The number of aromatic nitrogens is 2. The fourth-order valence-electron chi connectivity index (χ4n) is 2.64. The molecule has 0 radical (unpaired) electrons. The fraction of sp³-hybridized carbons (Fsp3) is 0.150. The van der Waals surface area contributed by atoms with Gasteiger partial charge in [0.2, 0.25) is 0 Å². The van der Waals surface area contributed by atoms with E-state index < -0.39 is 0 Å². The first-order valence-electron chi connectivity index (χ1n) is 7.96. The van der Waals surface area contributed by atoms with E-state index in [1.54, 1.807) is 30.3 Å². The Morgan fingerprint density at radius 1 is 1.16 bits per heavy atom. The Balaban J connectivity index is 1.66. The molecule has 3 rings (SSSR count). The minimum absolute atomic E-state index is 0.0481. The van der Waals surface area contributed by atoms with E-state index in [1.165, 1.54) is 0 Å². The molecule has 0 atom stereocenters. The minimum atomic E-state index is -0.0481. The van der Waals surface area contributed by atoms with Crippen molar-refractivity contribution >= 4 is 5.91 Å². The van der Waals surface area contributed by atoms with Crippen molar-refractivity contribution in [3.63, 3.8) is 0 Å². The average Bonchev–Trinajstić information content (AvgIpc) is 3.15. The molecule has 0 spiro atoms. The third-order valence-electron chi connectivity index (χ3n) is 3.93. The minimum Gasteiger partial charge on any atom is -0.337 e. The predicted molar refractivity (Wildman–Crippen MR) is 94.7 cm³/mol. The van der Waals surface area contributed by atoms with Crippen molar-refractivity contribution in [1.29, 1.82) is 5.26 Å². The first-order valence-corrected chi connectivity index (χ1v) is 7.96. The van der Waals surface area contributed by atoms with Gasteiger partial charge in [0, 0.05) is 31.5 Å². The van der Waals surface area contributed by atoms with Crippen LogP contribution < -0.4 is 0 Å². The highest BCUT2D eigenvalue weighted by Gasteiger charge is 2.12. The first-order chi connectivity index (χ1) is 12.2. The van der Waals surface area contributed by atoms with Crippen LogP contribution in [0.2, 0.25) is 0 Å².